The van der Waals surface area contributed by atoms with Crippen molar-refractivity contribution >= 4 is 23.4 Å². The minimum absolute atomic E-state index is 0.135. The second kappa shape index (κ2) is 8.70. The zero-order chi connectivity index (χ0) is 20.1. The van der Waals surface area contributed by atoms with Crippen LogP contribution in [-0.4, -0.2) is 31.4 Å². The second-order valence-electron chi connectivity index (χ2n) is 5.50. The Hall–Kier alpha value is -3.14. The van der Waals surface area contributed by atoms with Crippen molar-refractivity contribution in [3.8, 4) is 11.4 Å². The van der Waals surface area contributed by atoms with Crippen LogP contribution in [0.15, 0.2) is 54.5 Å². The van der Waals surface area contributed by atoms with Gasteiger partial charge in [-0.3, -0.25) is 14.3 Å². The van der Waals surface area contributed by atoms with E-state index in [1.54, 1.807) is 35.2 Å². The number of carbonyl (C=O) groups excluding carboxylic acids is 1. The molecule has 0 radical (unpaired) electrons. The average molecular weight is 405 g/mol. The molecule has 28 heavy (non-hydrogen) atoms. The van der Waals surface area contributed by atoms with Crippen molar-refractivity contribution in [1.29, 1.82) is 0 Å². The molecular weight excluding hydrogens is 391 g/mol. The molecule has 0 bridgehead atoms. The summed E-state index contributed by atoms with van der Waals surface area (Å²) >= 11 is 1.07. The third kappa shape index (κ3) is 4.22. The van der Waals surface area contributed by atoms with E-state index in [-0.39, 0.29) is 5.75 Å². The van der Waals surface area contributed by atoms with Crippen LogP contribution in [0.2, 0.25) is 0 Å². The van der Waals surface area contributed by atoms with Gasteiger partial charge in [0.25, 0.3) is 0 Å². The lowest BCUT2D eigenvalue weighted by Crippen LogP contribution is -2.16. The summed E-state index contributed by atoms with van der Waals surface area (Å²) in [5.74, 6) is -4.58. The molecule has 0 aliphatic rings. The second-order valence-corrected chi connectivity index (χ2v) is 6.44. The molecule has 6 nitrogen and oxygen atoms in total. The van der Waals surface area contributed by atoms with Crippen LogP contribution in [0.4, 0.5) is 18.9 Å². The maximum atomic E-state index is 13.7. The molecule has 0 saturated carbocycles. The lowest BCUT2D eigenvalue weighted by molar-refractivity contribution is -0.113. The van der Waals surface area contributed by atoms with Crippen LogP contribution in [0.3, 0.4) is 0 Å². The van der Waals surface area contributed by atoms with Crippen molar-refractivity contribution in [2.45, 2.75) is 11.7 Å². The van der Waals surface area contributed by atoms with Crippen LogP contribution in [0.1, 0.15) is 0 Å². The molecule has 0 saturated heterocycles. The van der Waals surface area contributed by atoms with E-state index in [0.717, 1.165) is 29.5 Å². The van der Waals surface area contributed by atoms with Crippen molar-refractivity contribution in [3.63, 3.8) is 0 Å². The monoisotopic (exact) mass is 405 g/mol. The molecule has 10 heteroatoms. The number of aromatic nitrogens is 4. The Morgan fingerprint density at radius 2 is 1.89 bits per heavy atom. The summed E-state index contributed by atoms with van der Waals surface area (Å²) in [6, 6.07) is 5.24. The number of nitrogens with one attached hydrogen (secondary N) is 1. The molecule has 0 spiro atoms. The number of pyridine rings is 1. The minimum Gasteiger partial charge on any atom is -0.323 e. The predicted octanol–water partition coefficient (Wildman–Crippen LogP) is 3.67. The molecule has 0 aliphatic heterocycles. The summed E-state index contributed by atoms with van der Waals surface area (Å²) in [6.45, 7) is 4.11. The van der Waals surface area contributed by atoms with Gasteiger partial charge in [0.2, 0.25) is 5.91 Å². The van der Waals surface area contributed by atoms with Gasteiger partial charge in [-0.15, -0.1) is 16.8 Å². The third-order valence-electron chi connectivity index (χ3n) is 3.61. The molecule has 144 valence electrons. The van der Waals surface area contributed by atoms with Crippen LogP contribution in [0.25, 0.3) is 11.4 Å². The highest BCUT2D eigenvalue weighted by Gasteiger charge is 2.17. The molecule has 2 heterocycles. The highest BCUT2D eigenvalue weighted by Crippen LogP contribution is 2.24. The van der Waals surface area contributed by atoms with Crippen LogP contribution < -0.4 is 5.32 Å². The normalized spacial score (nSPS) is 10.7. The third-order valence-corrected chi connectivity index (χ3v) is 4.58. The number of anilines is 1. The Morgan fingerprint density at radius 1 is 1.14 bits per heavy atom. The van der Waals surface area contributed by atoms with Gasteiger partial charge in [0.1, 0.15) is 0 Å². The topological polar surface area (TPSA) is 72.7 Å². The standard InChI is InChI=1S/C18H14F3N5OS/c1-2-9-26-17(11-5-7-22-8-6-11)24-25-18(26)28-10-14(27)23-13-4-3-12(19)15(20)16(13)21/h2-8H,1,9-10H2,(H,23,27). The van der Waals surface area contributed by atoms with E-state index in [0.29, 0.717) is 17.5 Å². The first kappa shape index (κ1) is 19.6. The number of allylic oxidation sites excluding steroid dienone is 1. The van der Waals surface area contributed by atoms with Gasteiger partial charge in [-0.05, 0) is 24.3 Å². The number of nitrogens with zero attached hydrogens (tertiary/aromatic N) is 4. The largest absolute Gasteiger partial charge is 0.323 e. The number of amides is 1. The molecule has 0 atom stereocenters. The Balaban J connectivity index is 1.72. The average Bonchev–Trinajstić information content (AvgIpc) is 3.10. The summed E-state index contributed by atoms with van der Waals surface area (Å²) in [6.07, 6.45) is 4.91. The lowest BCUT2D eigenvalue weighted by atomic mass is 10.2. The van der Waals surface area contributed by atoms with E-state index >= 15 is 0 Å². The van der Waals surface area contributed by atoms with Gasteiger partial charge in [0.15, 0.2) is 28.4 Å². The van der Waals surface area contributed by atoms with Crippen molar-refractivity contribution in [2.75, 3.05) is 11.1 Å². The van der Waals surface area contributed by atoms with Gasteiger partial charge in [-0.1, -0.05) is 17.8 Å². The fraction of sp³-hybridized carbons (Fsp3) is 0.111. The Labute approximate surface area is 162 Å². The van der Waals surface area contributed by atoms with E-state index in [1.165, 1.54) is 0 Å². The van der Waals surface area contributed by atoms with Gasteiger partial charge >= 0.3 is 0 Å². The maximum Gasteiger partial charge on any atom is 0.234 e. The van der Waals surface area contributed by atoms with Crippen molar-refractivity contribution in [1.82, 2.24) is 19.7 Å². The van der Waals surface area contributed by atoms with Crippen molar-refractivity contribution in [3.05, 3.63) is 66.8 Å². The van der Waals surface area contributed by atoms with Crippen LogP contribution in [0.5, 0.6) is 0 Å². The molecular formula is C18H14F3N5OS. The smallest absolute Gasteiger partial charge is 0.234 e. The van der Waals surface area contributed by atoms with Gasteiger partial charge in [0.05, 0.1) is 11.4 Å². The SMILES string of the molecule is C=CCn1c(SCC(=O)Nc2ccc(F)c(F)c2F)nnc1-c1ccncc1. The predicted molar refractivity (Wildman–Crippen MR) is 99.1 cm³/mol. The zero-order valence-electron chi connectivity index (χ0n) is 14.4. The molecule has 0 fully saturated rings. The summed E-state index contributed by atoms with van der Waals surface area (Å²) in [4.78, 5) is 16.0. The van der Waals surface area contributed by atoms with Crippen molar-refractivity contribution in [2.24, 2.45) is 0 Å². The number of rotatable bonds is 7. The quantitative estimate of drug-likeness (QED) is 0.369. The van der Waals surface area contributed by atoms with Crippen LogP contribution in [0, 0.1) is 17.5 Å². The van der Waals surface area contributed by atoms with Gasteiger partial charge < -0.3 is 5.32 Å². The highest BCUT2D eigenvalue weighted by molar-refractivity contribution is 7.99. The van der Waals surface area contributed by atoms with E-state index in [4.69, 9.17) is 0 Å². The number of hydrogen-bond donors (Lipinski definition) is 1. The van der Waals surface area contributed by atoms with Gasteiger partial charge in [-0.2, -0.15) is 0 Å². The summed E-state index contributed by atoms with van der Waals surface area (Å²) in [5, 5.41) is 10.9. The Morgan fingerprint density at radius 3 is 2.61 bits per heavy atom. The fourth-order valence-electron chi connectivity index (χ4n) is 2.34. The van der Waals surface area contributed by atoms with Gasteiger partial charge in [-0.25, -0.2) is 13.2 Å². The number of benzene rings is 1. The summed E-state index contributed by atoms with van der Waals surface area (Å²) < 4.78 is 41.6. The first-order valence-electron chi connectivity index (χ1n) is 8.02. The molecule has 1 N–H and O–H groups in total. The van der Waals surface area contributed by atoms with Gasteiger partial charge in [0, 0.05) is 24.5 Å². The number of hydrogen-bond acceptors (Lipinski definition) is 5. The molecule has 3 aromatic rings. The zero-order valence-corrected chi connectivity index (χ0v) is 15.2. The number of halogens is 3. The summed E-state index contributed by atoms with van der Waals surface area (Å²) in [5.41, 5.74) is 0.360. The number of carbonyl (C=O) groups is 1. The van der Waals surface area contributed by atoms with E-state index < -0.39 is 29.0 Å². The highest BCUT2D eigenvalue weighted by atomic mass is 32.2. The number of thioether (sulfide) groups is 1. The first-order valence-corrected chi connectivity index (χ1v) is 9.00. The van der Waals surface area contributed by atoms with Crippen LogP contribution in [-0.2, 0) is 11.3 Å². The molecule has 3 rings (SSSR count). The molecule has 0 aliphatic carbocycles. The van der Waals surface area contributed by atoms with E-state index in [9.17, 15) is 18.0 Å². The lowest BCUT2D eigenvalue weighted by Gasteiger charge is -2.09. The first-order chi connectivity index (χ1) is 13.5. The maximum absolute atomic E-state index is 13.7. The molecule has 0 unspecified atom stereocenters. The Bertz CT molecular complexity index is 1010. The van der Waals surface area contributed by atoms with E-state index in [2.05, 4.69) is 27.1 Å². The minimum atomic E-state index is -1.64. The Kier molecular flexibility index (Phi) is 6.09. The van der Waals surface area contributed by atoms with E-state index in [1.807, 2.05) is 0 Å². The summed E-state index contributed by atoms with van der Waals surface area (Å²) in [7, 11) is 0. The fourth-order valence-corrected chi connectivity index (χ4v) is 3.09. The molecule has 2 aromatic heterocycles. The van der Waals surface area contributed by atoms with Crippen LogP contribution >= 0.6 is 11.8 Å². The molecule has 1 amide bonds. The molecule has 1 aromatic carbocycles. The van der Waals surface area contributed by atoms with Crippen molar-refractivity contribution < 1.29 is 18.0 Å².